The van der Waals surface area contributed by atoms with Gasteiger partial charge in [-0.2, -0.15) is 17.5 Å². The van der Waals surface area contributed by atoms with Crippen LogP contribution in [0.2, 0.25) is 0 Å². The normalized spacial score (nSPS) is 17.8. The van der Waals surface area contributed by atoms with Crippen LogP contribution < -0.4 is 0 Å². The molecule has 0 radical (unpaired) electrons. The molecule has 1 saturated carbocycles. The van der Waals surface area contributed by atoms with E-state index < -0.39 is 38.6 Å². The lowest BCUT2D eigenvalue weighted by molar-refractivity contribution is -0.137. The molecule has 1 aliphatic rings. The molecule has 1 aromatic carbocycles. The van der Waals surface area contributed by atoms with Crippen LogP contribution in [0.4, 0.5) is 17.6 Å². The van der Waals surface area contributed by atoms with Gasteiger partial charge in [0.15, 0.2) is 0 Å². The fraction of sp³-hybridized carbons (Fsp3) is 0.538. The highest BCUT2D eigenvalue weighted by Gasteiger charge is 2.36. The van der Waals surface area contributed by atoms with Gasteiger partial charge in [0.2, 0.25) is 10.0 Å². The van der Waals surface area contributed by atoms with Gasteiger partial charge in [-0.1, -0.05) is 0 Å². The molecular formula is C13H15F4NO3S. The Bertz CT molecular complexity index is 656. The second kappa shape index (κ2) is 5.78. The molecule has 1 fully saturated rings. The maximum Gasteiger partial charge on any atom is 0.416 e. The molecule has 2 rings (SSSR count). The summed E-state index contributed by atoms with van der Waals surface area (Å²) in [6.45, 7) is -0.289. The molecule has 124 valence electrons. The van der Waals surface area contributed by atoms with E-state index in [1.54, 1.807) is 0 Å². The number of benzene rings is 1. The second-order valence-electron chi connectivity index (χ2n) is 5.33. The summed E-state index contributed by atoms with van der Waals surface area (Å²) in [5.41, 5.74) is -1.25. The van der Waals surface area contributed by atoms with E-state index in [1.807, 2.05) is 0 Å². The minimum absolute atomic E-state index is 0.0102. The van der Waals surface area contributed by atoms with Crippen molar-refractivity contribution in [2.24, 2.45) is 5.92 Å². The molecule has 1 atom stereocenters. The van der Waals surface area contributed by atoms with Crippen LogP contribution >= 0.6 is 0 Å². The van der Waals surface area contributed by atoms with Crippen LogP contribution in [0.15, 0.2) is 23.1 Å². The number of aliphatic hydroxyl groups excluding tert-OH is 1. The standard InChI is InChI=1S/C13H15F4NO3S/c1-18(7-11(19)8-2-3-8)22(20,21)12-6-9(13(15,16)17)4-5-10(12)14/h4-6,8,11,19H,2-3,7H2,1H3. The highest BCUT2D eigenvalue weighted by atomic mass is 32.2. The van der Waals surface area contributed by atoms with Crippen molar-refractivity contribution in [3.63, 3.8) is 0 Å². The third-order valence-corrected chi connectivity index (χ3v) is 5.40. The van der Waals surface area contributed by atoms with Crippen LogP contribution in [-0.2, 0) is 16.2 Å². The van der Waals surface area contributed by atoms with Gasteiger partial charge in [0.25, 0.3) is 0 Å². The number of hydrogen-bond donors (Lipinski definition) is 1. The Morgan fingerprint density at radius 1 is 1.36 bits per heavy atom. The van der Waals surface area contributed by atoms with Crippen LogP contribution in [0.1, 0.15) is 18.4 Å². The summed E-state index contributed by atoms with van der Waals surface area (Å²) < 4.78 is 76.7. The highest BCUT2D eigenvalue weighted by Crippen LogP contribution is 2.34. The van der Waals surface area contributed by atoms with Crippen molar-refractivity contribution in [1.82, 2.24) is 4.31 Å². The van der Waals surface area contributed by atoms with Gasteiger partial charge in [-0.15, -0.1) is 0 Å². The molecule has 0 aromatic heterocycles. The molecule has 4 nitrogen and oxygen atoms in total. The lowest BCUT2D eigenvalue weighted by Crippen LogP contribution is -2.35. The van der Waals surface area contributed by atoms with Gasteiger partial charge in [0, 0.05) is 13.6 Å². The number of hydrogen-bond acceptors (Lipinski definition) is 3. The Morgan fingerprint density at radius 3 is 2.45 bits per heavy atom. The largest absolute Gasteiger partial charge is 0.416 e. The van der Waals surface area contributed by atoms with Crippen molar-refractivity contribution in [2.75, 3.05) is 13.6 Å². The van der Waals surface area contributed by atoms with Gasteiger partial charge in [-0.25, -0.2) is 12.8 Å². The maximum atomic E-state index is 13.7. The first-order valence-electron chi connectivity index (χ1n) is 6.54. The monoisotopic (exact) mass is 341 g/mol. The van der Waals surface area contributed by atoms with E-state index >= 15 is 0 Å². The van der Waals surface area contributed by atoms with E-state index in [1.165, 1.54) is 0 Å². The maximum absolute atomic E-state index is 13.7. The Labute approximate surface area is 125 Å². The summed E-state index contributed by atoms with van der Waals surface area (Å²) in [4.78, 5) is -1.05. The third kappa shape index (κ3) is 3.58. The van der Waals surface area contributed by atoms with Gasteiger partial charge in [-0.05, 0) is 37.0 Å². The molecule has 22 heavy (non-hydrogen) atoms. The van der Waals surface area contributed by atoms with Crippen molar-refractivity contribution in [2.45, 2.75) is 30.0 Å². The first-order chi connectivity index (χ1) is 10.0. The summed E-state index contributed by atoms with van der Waals surface area (Å²) in [5.74, 6) is -1.27. The van der Waals surface area contributed by atoms with Crippen LogP contribution in [-0.4, -0.2) is 37.5 Å². The first kappa shape index (κ1) is 17.2. The molecule has 1 aromatic rings. The van der Waals surface area contributed by atoms with Crippen molar-refractivity contribution in [1.29, 1.82) is 0 Å². The number of alkyl halides is 3. The van der Waals surface area contributed by atoms with Gasteiger partial charge < -0.3 is 5.11 Å². The number of nitrogens with zero attached hydrogens (tertiary/aromatic N) is 1. The summed E-state index contributed by atoms with van der Waals surface area (Å²) in [5, 5.41) is 9.74. The number of likely N-dealkylation sites (N-methyl/N-ethyl adjacent to an activating group) is 1. The second-order valence-corrected chi connectivity index (χ2v) is 7.35. The van der Waals surface area contributed by atoms with Gasteiger partial charge in [-0.3, -0.25) is 0 Å². The Hall–Kier alpha value is -1.19. The number of aliphatic hydroxyl groups is 1. The lowest BCUT2D eigenvalue weighted by atomic mass is 10.2. The molecule has 0 spiro atoms. The van der Waals surface area contributed by atoms with E-state index in [4.69, 9.17) is 0 Å². The van der Waals surface area contributed by atoms with E-state index in [0.29, 0.717) is 16.4 Å². The molecule has 9 heteroatoms. The molecule has 0 bridgehead atoms. The van der Waals surface area contributed by atoms with Crippen LogP contribution in [0.3, 0.4) is 0 Å². The number of rotatable bonds is 5. The average Bonchev–Trinajstić information content (AvgIpc) is 3.21. The van der Waals surface area contributed by atoms with Crippen molar-refractivity contribution in [3.8, 4) is 0 Å². The SMILES string of the molecule is CN(CC(O)C1CC1)S(=O)(=O)c1cc(C(F)(F)F)ccc1F. The Kier molecular flexibility index (Phi) is 4.51. The molecule has 0 aliphatic heterocycles. The first-order valence-corrected chi connectivity index (χ1v) is 7.98. The average molecular weight is 341 g/mol. The summed E-state index contributed by atoms with van der Waals surface area (Å²) >= 11 is 0. The highest BCUT2D eigenvalue weighted by molar-refractivity contribution is 7.89. The predicted molar refractivity (Wildman–Crippen MR) is 69.9 cm³/mol. The molecule has 0 amide bonds. The van der Waals surface area contributed by atoms with Crippen molar-refractivity contribution >= 4 is 10.0 Å². The molecule has 0 heterocycles. The summed E-state index contributed by atoms with van der Waals surface area (Å²) in [7, 11) is -3.36. The zero-order valence-corrected chi connectivity index (χ0v) is 12.5. The zero-order valence-electron chi connectivity index (χ0n) is 11.6. The fourth-order valence-electron chi connectivity index (χ4n) is 2.04. The molecular weight excluding hydrogens is 326 g/mol. The van der Waals surface area contributed by atoms with Gasteiger partial charge >= 0.3 is 6.18 Å². The molecule has 0 saturated heterocycles. The minimum atomic E-state index is -4.77. The smallest absolute Gasteiger partial charge is 0.391 e. The van der Waals surface area contributed by atoms with Crippen molar-refractivity contribution in [3.05, 3.63) is 29.6 Å². The van der Waals surface area contributed by atoms with Crippen LogP contribution in [0.5, 0.6) is 0 Å². The lowest BCUT2D eigenvalue weighted by Gasteiger charge is -2.21. The molecule has 1 unspecified atom stereocenters. The van der Waals surface area contributed by atoms with E-state index in [9.17, 15) is 31.1 Å². The number of sulfonamides is 1. The topological polar surface area (TPSA) is 57.6 Å². The zero-order chi connectivity index (χ0) is 16.7. The summed E-state index contributed by atoms with van der Waals surface area (Å²) in [6.07, 6.45) is -4.14. The van der Waals surface area contributed by atoms with E-state index in [2.05, 4.69) is 0 Å². The quantitative estimate of drug-likeness (QED) is 0.836. The van der Waals surface area contributed by atoms with Gasteiger partial charge in [0.05, 0.1) is 11.7 Å². The fourth-order valence-corrected chi connectivity index (χ4v) is 3.31. The summed E-state index contributed by atoms with van der Waals surface area (Å²) in [6, 6.07) is 1.22. The molecule has 1 N–H and O–H groups in total. The van der Waals surface area contributed by atoms with Gasteiger partial charge in [0.1, 0.15) is 10.7 Å². The Balaban J connectivity index is 2.31. The number of halogens is 4. The van der Waals surface area contributed by atoms with Crippen LogP contribution in [0.25, 0.3) is 0 Å². The molecule has 1 aliphatic carbocycles. The van der Waals surface area contributed by atoms with E-state index in [-0.39, 0.29) is 18.5 Å². The Morgan fingerprint density at radius 2 is 1.95 bits per heavy atom. The van der Waals surface area contributed by atoms with E-state index in [0.717, 1.165) is 19.9 Å². The predicted octanol–water partition coefficient (Wildman–Crippen LogP) is 2.24. The minimum Gasteiger partial charge on any atom is -0.391 e. The van der Waals surface area contributed by atoms with Crippen LogP contribution in [0, 0.1) is 11.7 Å². The third-order valence-electron chi connectivity index (χ3n) is 3.56. The van der Waals surface area contributed by atoms with Crippen molar-refractivity contribution < 1.29 is 31.1 Å².